The molecule has 3 rings (SSSR count). The maximum Gasteiger partial charge on any atom is 0.262 e. The molecule has 0 aliphatic carbocycles. The summed E-state index contributed by atoms with van der Waals surface area (Å²) in [6, 6.07) is 12.0. The zero-order valence-corrected chi connectivity index (χ0v) is 17.2. The molecule has 0 spiro atoms. The van der Waals surface area contributed by atoms with Crippen molar-refractivity contribution in [2.75, 3.05) is 12.3 Å². The molecule has 3 aromatic rings. The highest BCUT2D eigenvalue weighted by Crippen LogP contribution is 2.25. The third-order valence-corrected chi connectivity index (χ3v) is 6.34. The van der Waals surface area contributed by atoms with Gasteiger partial charge in [0.25, 0.3) is 5.56 Å². The van der Waals surface area contributed by atoms with E-state index in [-0.39, 0.29) is 17.2 Å². The average Bonchev–Trinajstić information content (AvgIpc) is 3.10. The van der Waals surface area contributed by atoms with Crippen LogP contribution in [0.3, 0.4) is 0 Å². The minimum absolute atomic E-state index is 0.0229. The van der Waals surface area contributed by atoms with Crippen molar-refractivity contribution >= 4 is 39.2 Å². The molecule has 1 amide bonds. The Bertz CT molecular complexity index is 980. The minimum atomic E-state index is -0.0492. The third kappa shape index (κ3) is 4.78. The van der Waals surface area contributed by atoms with Crippen LogP contribution < -0.4 is 10.9 Å². The molecule has 7 heteroatoms. The first-order valence-electron chi connectivity index (χ1n) is 9.09. The number of nitrogens with zero attached hydrogens (tertiary/aromatic N) is 2. The Kier molecular flexibility index (Phi) is 6.68. The van der Waals surface area contributed by atoms with Crippen molar-refractivity contribution in [2.24, 2.45) is 0 Å². The first-order chi connectivity index (χ1) is 13.1. The van der Waals surface area contributed by atoms with Crippen molar-refractivity contribution in [1.82, 2.24) is 14.9 Å². The van der Waals surface area contributed by atoms with E-state index in [1.54, 1.807) is 15.9 Å². The Hall–Kier alpha value is -2.12. The molecule has 0 atom stereocenters. The highest BCUT2D eigenvalue weighted by molar-refractivity contribution is 7.99. The Balaban J connectivity index is 1.93. The van der Waals surface area contributed by atoms with Gasteiger partial charge in [0.15, 0.2) is 5.16 Å². The molecule has 5 nitrogen and oxygen atoms in total. The number of aryl methyl sites for hydroxylation is 2. The molecule has 0 unspecified atom stereocenters. The lowest BCUT2D eigenvalue weighted by atomic mass is 10.1. The van der Waals surface area contributed by atoms with Gasteiger partial charge in [-0.25, -0.2) is 4.98 Å². The maximum absolute atomic E-state index is 13.1. The van der Waals surface area contributed by atoms with Crippen LogP contribution in [-0.4, -0.2) is 27.8 Å². The predicted molar refractivity (Wildman–Crippen MR) is 113 cm³/mol. The maximum atomic E-state index is 13.1. The Labute approximate surface area is 166 Å². The van der Waals surface area contributed by atoms with Gasteiger partial charge in [-0.2, -0.15) is 0 Å². The Morgan fingerprint density at radius 1 is 1.26 bits per heavy atom. The van der Waals surface area contributed by atoms with E-state index in [2.05, 4.69) is 24.4 Å². The van der Waals surface area contributed by atoms with Crippen LogP contribution >= 0.6 is 23.1 Å². The van der Waals surface area contributed by atoms with E-state index in [4.69, 9.17) is 4.98 Å². The van der Waals surface area contributed by atoms with Crippen LogP contribution in [0, 0.1) is 0 Å². The number of thioether (sulfide) groups is 1. The number of carbonyl (C=O) groups excluding carboxylic acids is 1. The lowest BCUT2D eigenvalue weighted by molar-refractivity contribution is -0.118. The van der Waals surface area contributed by atoms with Gasteiger partial charge in [-0.05, 0) is 31.4 Å². The monoisotopic (exact) mass is 401 g/mol. The number of nitrogens with one attached hydrogen (secondary N) is 1. The summed E-state index contributed by atoms with van der Waals surface area (Å²) < 4.78 is 1.71. The molecule has 2 aromatic heterocycles. The average molecular weight is 402 g/mol. The van der Waals surface area contributed by atoms with Gasteiger partial charge >= 0.3 is 0 Å². The molecule has 2 heterocycles. The molecular formula is C20H23N3O2S2. The summed E-state index contributed by atoms with van der Waals surface area (Å²) >= 11 is 2.88. The van der Waals surface area contributed by atoms with Crippen molar-refractivity contribution in [1.29, 1.82) is 0 Å². The Morgan fingerprint density at radius 2 is 2.04 bits per heavy atom. The van der Waals surface area contributed by atoms with E-state index in [1.165, 1.54) is 17.3 Å². The van der Waals surface area contributed by atoms with Crippen molar-refractivity contribution in [3.8, 4) is 0 Å². The third-order valence-electron chi connectivity index (χ3n) is 4.19. The summed E-state index contributed by atoms with van der Waals surface area (Å²) in [7, 11) is 0. The van der Waals surface area contributed by atoms with E-state index < -0.39 is 0 Å². The number of rotatable bonds is 8. The van der Waals surface area contributed by atoms with Gasteiger partial charge in [0.2, 0.25) is 5.91 Å². The number of hydrogen-bond donors (Lipinski definition) is 1. The number of aromatic nitrogens is 2. The zero-order chi connectivity index (χ0) is 19.2. The summed E-state index contributed by atoms with van der Waals surface area (Å²) in [5.41, 5.74) is 1.15. The van der Waals surface area contributed by atoms with Crippen molar-refractivity contribution in [3.63, 3.8) is 0 Å². The van der Waals surface area contributed by atoms with Gasteiger partial charge in [0.1, 0.15) is 4.83 Å². The van der Waals surface area contributed by atoms with E-state index in [9.17, 15) is 9.59 Å². The molecule has 0 saturated carbocycles. The highest BCUT2D eigenvalue weighted by Gasteiger charge is 2.15. The predicted octanol–water partition coefficient (Wildman–Crippen LogP) is 3.49. The molecular weight excluding hydrogens is 378 g/mol. The molecule has 0 aliphatic rings. The molecule has 0 bridgehead atoms. The number of hydrogen-bond acceptors (Lipinski definition) is 5. The van der Waals surface area contributed by atoms with Crippen LogP contribution in [0.1, 0.15) is 24.3 Å². The molecule has 0 aliphatic heterocycles. The second-order valence-corrected chi connectivity index (χ2v) is 8.17. The quantitative estimate of drug-likeness (QED) is 0.464. The summed E-state index contributed by atoms with van der Waals surface area (Å²) in [6.07, 6.45) is 1.62. The number of amides is 1. The molecule has 0 fully saturated rings. The minimum Gasteiger partial charge on any atom is -0.356 e. The Morgan fingerprint density at radius 3 is 2.74 bits per heavy atom. The number of carbonyl (C=O) groups is 1. The summed E-state index contributed by atoms with van der Waals surface area (Å²) in [6.45, 7) is 5.10. The van der Waals surface area contributed by atoms with Crippen LogP contribution in [0.2, 0.25) is 0 Å². The standard InChI is InChI=1S/C20H23N3O2S2/c1-3-15-12-16-18(27-15)22-20(26-13-17(24)21-4-2)23(19(16)25)11-10-14-8-6-5-7-9-14/h5-9,12H,3-4,10-11,13H2,1-2H3,(H,21,24). The SMILES string of the molecule is CCNC(=O)CSc1nc2sc(CC)cc2c(=O)n1CCc1ccccc1. The number of benzene rings is 1. The number of thiophene rings is 1. The highest BCUT2D eigenvalue weighted by atomic mass is 32.2. The fourth-order valence-electron chi connectivity index (χ4n) is 2.79. The number of fused-ring (bicyclic) bond motifs is 1. The smallest absolute Gasteiger partial charge is 0.262 e. The van der Waals surface area contributed by atoms with Gasteiger partial charge in [-0.1, -0.05) is 49.0 Å². The summed E-state index contributed by atoms with van der Waals surface area (Å²) in [5.74, 6) is 0.204. The van der Waals surface area contributed by atoms with Gasteiger partial charge in [-0.3, -0.25) is 14.2 Å². The van der Waals surface area contributed by atoms with E-state index in [1.807, 2.05) is 31.2 Å². The largest absolute Gasteiger partial charge is 0.356 e. The van der Waals surface area contributed by atoms with E-state index in [0.29, 0.717) is 23.6 Å². The molecule has 142 valence electrons. The van der Waals surface area contributed by atoms with E-state index >= 15 is 0 Å². The summed E-state index contributed by atoms with van der Waals surface area (Å²) in [5, 5.41) is 4.07. The molecule has 0 saturated heterocycles. The molecule has 27 heavy (non-hydrogen) atoms. The lowest BCUT2D eigenvalue weighted by Crippen LogP contribution is -2.27. The molecule has 1 aromatic carbocycles. The second-order valence-electron chi connectivity index (χ2n) is 6.11. The molecule has 0 radical (unpaired) electrons. The van der Waals surface area contributed by atoms with Crippen LogP contribution in [-0.2, 0) is 24.2 Å². The molecule has 1 N–H and O–H groups in total. The van der Waals surface area contributed by atoms with Crippen LogP contribution in [0.15, 0.2) is 46.3 Å². The van der Waals surface area contributed by atoms with Gasteiger partial charge in [0.05, 0.1) is 11.1 Å². The van der Waals surface area contributed by atoms with Crippen molar-refractivity contribution in [3.05, 3.63) is 57.2 Å². The van der Waals surface area contributed by atoms with Gasteiger partial charge in [0, 0.05) is 18.0 Å². The van der Waals surface area contributed by atoms with Crippen LogP contribution in [0.5, 0.6) is 0 Å². The van der Waals surface area contributed by atoms with Gasteiger partial charge < -0.3 is 5.32 Å². The first-order valence-corrected chi connectivity index (χ1v) is 10.9. The fourth-order valence-corrected chi connectivity index (χ4v) is 4.66. The fraction of sp³-hybridized carbons (Fsp3) is 0.350. The van der Waals surface area contributed by atoms with Crippen molar-refractivity contribution < 1.29 is 4.79 Å². The lowest BCUT2D eigenvalue weighted by Gasteiger charge is -2.12. The normalized spacial score (nSPS) is 11.0. The second kappa shape index (κ2) is 9.19. The zero-order valence-electron chi connectivity index (χ0n) is 15.5. The topological polar surface area (TPSA) is 64.0 Å². The van der Waals surface area contributed by atoms with Gasteiger partial charge in [-0.15, -0.1) is 11.3 Å². The van der Waals surface area contributed by atoms with Crippen LogP contribution in [0.4, 0.5) is 0 Å². The van der Waals surface area contributed by atoms with Crippen LogP contribution in [0.25, 0.3) is 10.2 Å². The first kappa shape index (κ1) is 19.6. The van der Waals surface area contributed by atoms with E-state index in [0.717, 1.165) is 22.5 Å². The summed E-state index contributed by atoms with van der Waals surface area (Å²) in [4.78, 5) is 31.6. The van der Waals surface area contributed by atoms with Crippen molar-refractivity contribution in [2.45, 2.75) is 38.4 Å².